The van der Waals surface area contributed by atoms with Crippen LogP contribution in [0.1, 0.15) is 12.5 Å². The van der Waals surface area contributed by atoms with Crippen molar-refractivity contribution in [3.8, 4) is 11.5 Å². The van der Waals surface area contributed by atoms with Crippen LogP contribution in [0, 0.1) is 0 Å². The Morgan fingerprint density at radius 1 is 1.41 bits per heavy atom. The topological polar surface area (TPSA) is 67.8 Å². The number of likely N-dealkylation sites (N-methyl/N-ethyl adjacent to an activating group) is 1. The Labute approximate surface area is 100 Å². The van der Waals surface area contributed by atoms with Gasteiger partial charge in [0.2, 0.25) is 0 Å². The smallest absolute Gasteiger partial charge is 0.330 e. The Morgan fingerprint density at radius 3 is 2.53 bits per heavy atom. The molecule has 1 aromatic rings. The maximum Gasteiger partial charge on any atom is 0.330 e. The zero-order chi connectivity index (χ0) is 13.1. The monoisotopic (exact) mass is 239 g/mol. The van der Waals surface area contributed by atoms with Crippen LogP contribution < -0.4 is 10.1 Å². The maximum atomic E-state index is 11.8. The van der Waals surface area contributed by atoms with Crippen molar-refractivity contribution in [3.63, 3.8) is 0 Å². The third-order valence-electron chi connectivity index (χ3n) is 2.85. The number of methoxy groups -OCH3 is 2. The van der Waals surface area contributed by atoms with Crippen LogP contribution in [0.25, 0.3) is 0 Å². The normalized spacial score (nSPS) is 13.9. The molecular formula is C12H17NO4. The number of benzene rings is 1. The number of ether oxygens (including phenoxy) is 2. The molecule has 17 heavy (non-hydrogen) atoms. The van der Waals surface area contributed by atoms with Gasteiger partial charge in [-0.15, -0.1) is 0 Å². The van der Waals surface area contributed by atoms with Crippen LogP contribution in [0.15, 0.2) is 18.2 Å². The highest BCUT2D eigenvalue weighted by Gasteiger charge is 2.35. The van der Waals surface area contributed by atoms with Gasteiger partial charge < -0.3 is 19.9 Å². The molecule has 0 heterocycles. The van der Waals surface area contributed by atoms with Gasteiger partial charge >= 0.3 is 5.97 Å². The third kappa shape index (κ3) is 2.34. The second-order valence-corrected chi connectivity index (χ2v) is 3.75. The average molecular weight is 239 g/mol. The van der Waals surface area contributed by atoms with Crippen LogP contribution in [0.5, 0.6) is 11.5 Å². The first-order valence-corrected chi connectivity index (χ1v) is 5.14. The van der Waals surface area contributed by atoms with E-state index in [9.17, 15) is 9.90 Å². The second kappa shape index (κ2) is 5.05. The lowest BCUT2D eigenvalue weighted by atomic mass is 9.92. The Kier molecular flexibility index (Phi) is 3.96. The van der Waals surface area contributed by atoms with Crippen LogP contribution in [-0.4, -0.2) is 32.3 Å². The largest absolute Gasteiger partial charge is 0.504 e. The summed E-state index contributed by atoms with van der Waals surface area (Å²) in [7, 11) is 4.44. The van der Waals surface area contributed by atoms with E-state index in [1.165, 1.54) is 20.3 Å². The number of hydrogen-bond acceptors (Lipinski definition) is 5. The second-order valence-electron chi connectivity index (χ2n) is 3.75. The number of aromatic hydroxyl groups is 1. The molecule has 0 bridgehead atoms. The molecular weight excluding hydrogens is 222 g/mol. The number of rotatable bonds is 4. The fourth-order valence-electron chi connectivity index (χ4n) is 1.56. The summed E-state index contributed by atoms with van der Waals surface area (Å²) in [5.41, 5.74) is -0.322. The lowest BCUT2D eigenvalue weighted by molar-refractivity contribution is -0.148. The van der Waals surface area contributed by atoms with Gasteiger partial charge in [-0.2, -0.15) is 0 Å². The lowest BCUT2D eigenvalue weighted by Crippen LogP contribution is -2.45. The Balaban J connectivity index is 3.25. The van der Waals surface area contributed by atoms with Gasteiger partial charge in [0.1, 0.15) is 5.54 Å². The predicted molar refractivity (Wildman–Crippen MR) is 63.1 cm³/mol. The van der Waals surface area contributed by atoms with Crippen molar-refractivity contribution in [3.05, 3.63) is 23.8 Å². The Hall–Kier alpha value is -1.75. The quantitative estimate of drug-likeness (QED) is 0.767. The molecule has 5 nitrogen and oxygen atoms in total. The molecule has 1 rings (SSSR count). The van der Waals surface area contributed by atoms with Crippen LogP contribution in [0.4, 0.5) is 0 Å². The predicted octanol–water partition coefficient (Wildman–Crippen LogP) is 1.01. The summed E-state index contributed by atoms with van der Waals surface area (Å²) in [6.07, 6.45) is 0. The van der Waals surface area contributed by atoms with E-state index >= 15 is 0 Å². The summed E-state index contributed by atoms with van der Waals surface area (Å²) in [6.45, 7) is 1.70. The zero-order valence-electron chi connectivity index (χ0n) is 10.4. The van der Waals surface area contributed by atoms with Crippen molar-refractivity contribution >= 4 is 5.97 Å². The molecule has 0 spiro atoms. The number of phenolic OH excluding ortho intramolecular Hbond substituents is 1. The van der Waals surface area contributed by atoms with E-state index in [4.69, 9.17) is 9.47 Å². The third-order valence-corrected chi connectivity index (χ3v) is 2.85. The highest BCUT2D eigenvalue weighted by molar-refractivity contribution is 5.82. The van der Waals surface area contributed by atoms with Crippen molar-refractivity contribution in [2.75, 3.05) is 21.3 Å². The first kappa shape index (κ1) is 13.3. The molecule has 0 fully saturated rings. The minimum atomic E-state index is -0.976. The molecule has 0 radical (unpaired) electrons. The molecule has 0 aromatic heterocycles. The van der Waals surface area contributed by atoms with E-state index in [2.05, 4.69) is 5.32 Å². The minimum absolute atomic E-state index is 0.0274. The number of nitrogens with one attached hydrogen (secondary N) is 1. The van der Waals surface area contributed by atoms with Crippen molar-refractivity contribution in [2.24, 2.45) is 0 Å². The summed E-state index contributed by atoms with van der Waals surface area (Å²) in [4.78, 5) is 11.8. The van der Waals surface area contributed by atoms with Gasteiger partial charge in [-0.05, 0) is 31.7 Å². The molecule has 0 aliphatic carbocycles. The number of phenols is 1. The van der Waals surface area contributed by atoms with E-state index in [-0.39, 0.29) is 5.75 Å². The Bertz CT molecular complexity index is 419. The van der Waals surface area contributed by atoms with Crippen LogP contribution in [-0.2, 0) is 15.1 Å². The zero-order valence-corrected chi connectivity index (χ0v) is 10.4. The Morgan fingerprint density at radius 2 is 2.06 bits per heavy atom. The number of carbonyl (C=O) groups excluding carboxylic acids is 1. The molecule has 0 aliphatic rings. The minimum Gasteiger partial charge on any atom is -0.504 e. The molecule has 94 valence electrons. The molecule has 1 unspecified atom stereocenters. The molecule has 0 aliphatic heterocycles. The molecule has 5 heteroatoms. The highest BCUT2D eigenvalue weighted by Crippen LogP contribution is 2.31. The molecule has 0 saturated heterocycles. The fourth-order valence-corrected chi connectivity index (χ4v) is 1.56. The molecule has 0 saturated carbocycles. The summed E-state index contributed by atoms with van der Waals surface area (Å²) in [6, 6.07) is 4.72. The van der Waals surface area contributed by atoms with E-state index < -0.39 is 11.5 Å². The number of esters is 1. The van der Waals surface area contributed by atoms with Gasteiger partial charge in [-0.1, -0.05) is 6.07 Å². The van der Waals surface area contributed by atoms with E-state index in [1.807, 2.05) is 0 Å². The molecule has 2 N–H and O–H groups in total. The van der Waals surface area contributed by atoms with Gasteiger partial charge in [-0.25, -0.2) is 4.79 Å². The summed E-state index contributed by atoms with van der Waals surface area (Å²) < 4.78 is 9.77. The van der Waals surface area contributed by atoms with Gasteiger partial charge in [0.05, 0.1) is 14.2 Å². The van der Waals surface area contributed by atoms with Crippen LogP contribution >= 0.6 is 0 Å². The van der Waals surface area contributed by atoms with Crippen LogP contribution in [0.2, 0.25) is 0 Å². The summed E-state index contributed by atoms with van der Waals surface area (Å²) >= 11 is 0. The standard InChI is InChI=1S/C12H17NO4/c1-12(13-2,11(15)17-4)8-5-6-9(14)10(7-8)16-3/h5-7,13-14H,1-4H3. The van der Waals surface area contributed by atoms with Gasteiger partial charge in [0, 0.05) is 0 Å². The molecule has 1 atom stereocenters. The van der Waals surface area contributed by atoms with E-state index in [1.54, 1.807) is 26.1 Å². The lowest BCUT2D eigenvalue weighted by Gasteiger charge is -2.27. The summed E-state index contributed by atoms with van der Waals surface area (Å²) in [5.74, 6) is -0.0693. The molecule has 0 amide bonds. The van der Waals surface area contributed by atoms with Gasteiger partial charge in [-0.3, -0.25) is 0 Å². The first-order valence-electron chi connectivity index (χ1n) is 5.14. The van der Waals surface area contributed by atoms with Crippen molar-refractivity contribution in [2.45, 2.75) is 12.5 Å². The number of carbonyl (C=O) groups is 1. The van der Waals surface area contributed by atoms with E-state index in [0.717, 1.165) is 0 Å². The van der Waals surface area contributed by atoms with Crippen molar-refractivity contribution in [1.82, 2.24) is 5.32 Å². The SMILES string of the molecule is CNC(C)(C(=O)OC)c1ccc(O)c(OC)c1. The highest BCUT2D eigenvalue weighted by atomic mass is 16.5. The molecule has 1 aromatic carbocycles. The van der Waals surface area contributed by atoms with Crippen molar-refractivity contribution < 1.29 is 19.4 Å². The van der Waals surface area contributed by atoms with Gasteiger partial charge in [0.25, 0.3) is 0 Å². The van der Waals surface area contributed by atoms with Crippen LogP contribution in [0.3, 0.4) is 0 Å². The fraction of sp³-hybridized carbons (Fsp3) is 0.417. The number of hydrogen-bond donors (Lipinski definition) is 2. The first-order chi connectivity index (χ1) is 7.99. The van der Waals surface area contributed by atoms with E-state index in [0.29, 0.717) is 11.3 Å². The average Bonchev–Trinajstić information content (AvgIpc) is 2.37. The van der Waals surface area contributed by atoms with Gasteiger partial charge in [0.15, 0.2) is 11.5 Å². The van der Waals surface area contributed by atoms with Crippen molar-refractivity contribution in [1.29, 1.82) is 0 Å². The summed E-state index contributed by atoms with van der Waals surface area (Å²) in [5, 5.41) is 12.4. The maximum absolute atomic E-state index is 11.8.